The Hall–Kier alpha value is -1.50. The molecule has 0 radical (unpaired) electrons. The van der Waals surface area contributed by atoms with Crippen molar-refractivity contribution < 1.29 is 12.8 Å². The molecule has 1 aliphatic rings. The highest BCUT2D eigenvalue weighted by Gasteiger charge is 2.60. The molecule has 3 nitrogen and oxygen atoms in total. The molecular formula is C16H13ClFNO2S2. The van der Waals surface area contributed by atoms with Crippen LogP contribution in [0.4, 0.5) is 4.39 Å². The summed E-state index contributed by atoms with van der Waals surface area (Å²) in [5, 5.41) is -0.324. The highest BCUT2D eigenvalue weighted by atomic mass is 35.5. The molecule has 0 unspecified atom stereocenters. The van der Waals surface area contributed by atoms with Crippen LogP contribution in [0.15, 0.2) is 53.4 Å². The second-order valence-electron chi connectivity index (χ2n) is 5.47. The van der Waals surface area contributed by atoms with Gasteiger partial charge in [-0.05, 0) is 42.0 Å². The van der Waals surface area contributed by atoms with Crippen LogP contribution in [-0.2, 0) is 9.84 Å². The number of sulfone groups is 1. The molecule has 0 aliphatic heterocycles. The van der Waals surface area contributed by atoms with E-state index in [2.05, 4.69) is 0 Å². The minimum absolute atomic E-state index is 0.127. The first-order chi connectivity index (χ1) is 10.8. The van der Waals surface area contributed by atoms with E-state index >= 15 is 0 Å². The molecule has 120 valence electrons. The molecular weight excluding hydrogens is 357 g/mol. The third kappa shape index (κ3) is 2.98. The van der Waals surface area contributed by atoms with Crippen molar-refractivity contribution in [2.45, 2.75) is 16.1 Å². The molecule has 1 fully saturated rings. The molecule has 3 rings (SSSR count). The summed E-state index contributed by atoms with van der Waals surface area (Å²) in [7, 11) is -3.64. The number of hydrogen-bond donors (Lipinski definition) is 1. The minimum Gasteiger partial charge on any atom is -0.393 e. The van der Waals surface area contributed by atoms with Gasteiger partial charge in [0.05, 0.1) is 15.1 Å². The average Bonchev–Trinajstić information content (AvgIpc) is 3.24. The number of rotatable bonds is 4. The lowest BCUT2D eigenvalue weighted by atomic mass is 10.1. The lowest BCUT2D eigenvalue weighted by Crippen LogP contribution is -2.17. The second-order valence-corrected chi connectivity index (χ2v) is 8.49. The zero-order valence-electron chi connectivity index (χ0n) is 11.8. The van der Waals surface area contributed by atoms with Crippen molar-refractivity contribution in [1.82, 2.24) is 0 Å². The van der Waals surface area contributed by atoms with Crippen molar-refractivity contribution in [2.75, 3.05) is 0 Å². The van der Waals surface area contributed by atoms with Crippen molar-refractivity contribution in [2.24, 2.45) is 11.7 Å². The Morgan fingerprint density at radius 1 is 1.17 bits per heavy atom. The van der Waals surface area contributed by atoms with E-state index in [1.165, 1.54) is 36.4 Å². The Balaban J connectivity index is 2.00. The summed E-state index contributed by atoms with van der Waals surface area (Å²) in [4.78, 5) is 0.286. The number of nitrogens with two attached hydrogens (primary N) is 1. The fourth-order valence-electron chi connectivity index (χ4n) is 2.90. The van der Waals surface area contributed by atoms with Crippen molar-refractivity contribution in [3.8, 4) is 0 Å². The molecule has 2 N–H and O–H groups in total. The van der Waals surface area contributed by atoms with E-state index in [4.69, 9.17) is 29.6 Å². The van der Waals surface area contributed by atoms with E-state index in [1.54, 1.807) is 12.1 Å². The van der Waals surface area contributed by atoms with Gasteiger partial charge in [0.25, 0.3) is 0 Å². The van der Waals surface area contributed by atoms with Crippen molar-refractivity contribution in [3.63, 3.8) is 0 Å². The predicted octanol–water partition coefficient (Wildman–Crippen LogP) is 3.32. The van der Waals surface area contributed by atoms with Gasteiger partial charge in [-0.1, -0.05) is 36.0 Å². The summed E-state index contributed by atoms with van der Waals surface area (Å²) in [5.41, 5.74) is 6.29. The van der Waals surface area contributed by atoms with E-state index in [0.717, 1.165) is 0 Å². The van der Waals surface area contributed by atoms with Gasteiger partial charge < -0.3 is 5.73 Å². The SMILES string of the molecule is NC(=S)[C@H]1[C@@H](c2cccc(F)c2)[C@@H]1S(=O)(=O)c1ccc(Cl)cc1. The summed E-state index contributed by atoms with van der Waals surface area (Å²) in [6, 6.07) is 11.8. The number of benzene rings is 2. The molecule has 1 aliphatic carbocycles. The molecule has 7 heteroatoms. The van der Waals surface area contributed by atoms with Crippen LogP contribution in [0.2, 0.25) is 5.02 Å². The van der Waals surface area contributed by atoms with Crippen LogP contribution in [0.5, 0.6) is 0 Å². The van der Waals surface area contributed by atoms with Crippen LogP contribution >= 0.6 is 23.8 Å². The highest BCUT2D eigenvalue weighted by Crippen LogP contribution is 2.54. The van der Waals surface area contributed by atoms with Crippen LogP contribution in [0.3, 0.4) is 0 Å². The van der Waals surface area contributed by atoms with Gasteiger partial charge in [0.1, 0.15) is 5.82 Å². The number of thiocarbonyl (C=S) groups is 1. The summed E-state index contributed by atoms with van der Waals surface area (Å²) in [6.45, 7) is 0. The van der Waals surface area contributed by atoms with E-state index in [0.29, 0.717) is 10.6 Å². The highest BCUT2D eigenvalue weighted by molar-refractivity contribution is 7.92. The molecule has 2 aromatic carbocycles. The summed E-state index contributed by atoms with van der Waals surface area (Å²) in [5.74, 6) is -1.34. The molecule has 0 bridgehead atoms. The van der Waals surface area contributed by atoms with E-state index in [1.807, 2.05) is 0 Å². The summed E-state index contributed by atoms with van der Waals surface area (Å²) in [6.07, 6.45) is 0. The van der Waals surface area contributed by atoms with Crippen molar-refractivity contribution >= 4 is 38.6 Å². The molecule has 23 heavy (non-hydrogen) atoms. The third-order valence-electron chi connectivity index (χ3n) is 4.02. The molecule has 0 aromatic heterocycles. The normalized spacial score (nSPS) is 23.5. The molecule has 0 saturated heterocycles. The van der Waals surface area contributed by atoms with Crippen molar-refractivity contribution in [3.05, 3.63) is 64.9 Å². The summed E-state index contributed by atoms with van der Waals surface area (Å²) < 4.78 is 39.1. The molecule has 0 heterocycles. The van der Waals surface area contributed by atoms with Gasteiger partial charge in [0.15, 0.2) is 9.84 Å². The van der Waals surface area contributed by atoms with E-state index < -0.39 is 32.7 Å². The van der Waals surface area contributed by atoms with Crippen LogP contribution in [0.25, 0.3) is 0 Å². The zero-order chi connectivity index (χ0) is 16.8. The molecule has 2 aromatic rings. The average molecular weight is 370 g/mol. The van der Waals surface area contributed by atoms with Gasteiger partial charge in [-0.15, -0.1) is 0 Å². The minimum atomic E-state index is -3.64. The zero-order valence-corrected chi connectivity index (χ0v) is 14.2. The maximum atomic E-state index is 13.4. The fourth-order valence-corrected chi connectivity index (χ4v) is 5.56. The standard InChI is InChI=1S/C16H13ClFNO2S2/c17-10-4-6-12(7-5-10)23(20,21)15-13(14(15)16(19)22)9-2-1-3-11(18)8-9/h1-8,13-15H,(H2,19,22)/t13-,14+,15+/m1/s1. The summed E-state index contributed by atoms with van der Waals surface area (Å²) >= 11 is 10.8. The van der Waals surface area contributed by atoms with Gasteiger partial charge in [-0.25, -0.2) is 12.8 Å². The molecule has 0 spiro atoms. The predicted molar refractivity (Wildman–Crippen MR) is 91.8 cm³/mol. The Morgan fingerprint density at radius 3 is 2.39 bits per heavy atom. The Bertz CT molecular complexity index is 868. The molecule has 0 amide bonds. The van der Waals surface area contributed by atoms with Gasteiger partial charge in [-0.3, -0.25) is 0 Å². The smallest absolute Gasteiger partial charge is 0.182 e. The van der Waals surface area contributed by atoms with E-state index in [9.17, 15) is 12.8 Å². The Morgan fingerprint density at radius 2 is 1.83 bits per heavy atom. The number of hydrogen-bond acceptors (Lipinski definition) is 3. The van der Waals surface area contributed by atoms with E-state index in [-0.39, 0.29) is 9.88 Å². The monoisotopic (exact) mass is 369 g/mol. The van der Waals surface area contributed by atoms with Crippen LogP contribution < -0.4 is 5.73 Å². The van der Waals surface area contributed by atoms with Crippen LogP contribution in [-0.4, -0.2) is 18.7 Å². The van der Waals surface area contributed by atoms with Crippen LogP contribution in [0.1, 0.15) is 11.5 Å². The van der Waals surface area contributed by atoms with Crippen LogP contribution in [0, 0.1) is 11.7 Å². The molecule has 3 atom stereocenters. The first-order valence-electron chi connectivity index (χ1n) is 6.86. The maximum Gasteiger partial charge on any atom is 0.182 e. The topological polar surface area (TPSA) is 60.2 Å². The quantitative estimate of drug-likeness (QED) is 0.840. The Kier molecular flexibility index (Phi) is 4.16. The molecule has 1 saturated carbocycles. The Labute approximate surface area is 144 Å². The lowest BCUT2D eigenvalue weighted by molar-refractivity contribution is 0.593. The largest absolute Gasteiger partial charge is 0.393 e. The fraction of sp³-hybridized carbons (Fsp3) is 0.188. The number of halogens is 2. The van der Waals surface area contributed by atoms with Gasteiger partial charge in [-0.2, -0.15) is 0 Å². The first-order valence-corrected chi connectivity index (χ1v) is 9.20. The van der Waals surface area contributed by atoms with Gasteiger partial charge >= 0.3 is 0 Å². The van der Waals surface area contributed by atoms with Gasteiger partial charge in [0, 0.05) is 16.9 Å². The maximum absolute atomic E-state index is 13.4. The van der Waals surface area contributed by atoms with Crippen molar-refractivity contribution in [1.29, 1.82) is 0 Å². The third-order valence-corrected chi connectivity index (χ3v) is 6.77. The lowest BCUT2D eigenvalue weighted by Gasteiger charge is -2.04. The van der Waals surface area contributed by atoms with Gasteiger partial charge in [0.2, 0.25) is 0 Å². The second kappa shape index (κ2) is 5.85. The first kappa shape index (κ1) is 16.4.